The van der Waals surface area contributed by atoms with Crippen LogP contribution in [0.5, 0.6) is 0 Å². The predicted octanol–water partition coefficient (Wildman–Crippen LogP) is -1.17. The minimum atomic E-state index is -4.17. The molecule has 0 radical (unpaired) electrons. The summed E-state index contributed by atoms with van der Waals surface area (Å²) in [5.41, 5.74) is 0. The van der Waals surface area contributed by atoms with Crippen LogP contribution in [0.2, 0.25) is 0 Å². The van der Waals surface area contributed by atoms with Crippen molar-refractivity contribution >= 4 is 20.8 Å². The topological polar surface area (TPSA) is 159 Å². The van der Waals surface area contributed by atoms with Gasteiger partial charge >= 0.3 is 20.8 Å². The van der Waals surface area contributed by atoms with Crippen molar-refractivity contribution in [3.05, 3.63) is 0 Å². The van der Waals surface area contributed by atoms with Crippen molar-refractivity contribution in [3.63, 3.8) is 0 Å². The molecule has 0 bridgehead atoms. The quantitative estimate of drug-likeness (QED) is 0.604. The van der Waals surface area contributed by atoms with Crippen LogP contribution in [0.4, 0.5) is 0 Å². The molecule has 0 amide bonds. The van der Waals surface area contributed by atoms with E-state index in [1.54, 1.807) is 0 Å². The van der Waals surface area contributed by atoms with Gasteiger partial charge in [-0.3, -0.25) is 9.11 Å². The molecule has 0 spiro atoms. The van der Waals surface area contributed by atoms with E-state index in [1.165, 1.54) is 13.8 Å². The fraction of sp³-hybridized carbons (Fsp3) is 1.00. The second-order valence-electron chi connectivity index (χ2n) is 1.67. The van der Waals surface area contributed by atoms with Crippen LogP contribution in [0, 0.1) is 0 Å². The highest BCUT2D eigenvalue weighted by atomic mass is 32.3. The molecule has 9 nitrogen and oxygen atoms in total. The monoisotopic (exact) mass is 270 g/mol. The third kappa shape index (κ3) is 31.6. The maximum atomic E-state index is 9.56. The molecule has 11 heteroatoms. The first kappa shape index (κ1) is 20.2. The Kier molecular flexibility index (Phi) is 12.0. The van der Waals surface area contributed by atoms with Crippen molar-refractivity contribution < 1.29 is 39.8 Å². The lowest BCUT2D eigenvalue weighted by atomic mass is 10.9. The van der Waals surface area contributed by atoms with Gasteiger partial charge in [0, 0.05) is 0 Å². The summed E-state index contributed by atoms with van der Waals surface area (Å²) < 4.78 is 61.3. The molecule has 0 aromatic carbocycles. The Hall–Kier alpha value is -0.300. The van der Waals surface area contributed by atoms with Crippen molar-refractivity contribution in [1.82, 2.24) is 0 Å². The number of hydrogen-bond donors (Lipinski definition) is 2. The van der Waals surface area contributed by atoms with Crippen LogP contribution in [-0.4, -0.2) is 44.6 Å². The first-order chi connectivity index (χ1) is 6.12. The highest BCUT2D eigenvalue weighted by Gasteiger charge is 1.98. The van der Waals surface area contributed by atoms with Gasteiger partial charge in [-0.2, -0.15) is 16.8 Å². The molecule has 0 aliphatic rings. The maximum Gasteiger partial charge on any atom is 0.397 e. The predicted molar refractivity (Wildman–Crippen MR) is 50.0 cm³/mol. The summed E-state index contributed by atoms with van der Waals surface area (Å²) in [6.45, 7) is 2.87. The molecule has 0 aromatic heterocycles. The van der Waals surface area contributed by atoms with E-state index in [0.29, 0.717) is 0 Å². The maximum absolute atomic E-state index is 9.56. The van der Waals surface area contributed by atoms with Crippen molar-refractivity contribution in [2.45, 2.75) is 13.8 Å². The molecule has 96 valence electrons. The average molecular weight is 270 g/mol. The summed E-state index contributed by atoms with van der Waals surface area (Å²) in [5.74, 6) is 0. The van der Waals surface area contributed by atoms with Crippen molar-refractivity contribution in [1.29, 1.82) is 0 Å². The Bertz CT molecular complexity index is 280. The molecule has 0 rings (SSSR count). The summed E-state index contributed by atoms with van der Waals surface area (Å²) in [5, 5.41) is 0. The lowest BCUT2D eigenvalue weighted by Gasteiger charge is -1.88. The highest BCUT2D eigenvalue weighted by Crippen LogP contribution is 1.81. The zero-order chi connectivity index (χ0) is 11.8. The second-order valence-corrected chi connectivity index (χ2v) is 3.85. The summed E-state index contributed by atoms with van der Waals surface area (Å²) in [6.07, 6.45) is 0. The van der Waals surface area contributed by atoms with Gasteiger partial charge in [-0.15, -0.1) is 0 Å². The fourth-order valence-electron chi connectivity index (χ4n) is 0.298. The summed E-state index contributed by atoms with van der Waals surface area (Å²) in [4.78, 5) is 0. The second kappa shape index (κ2) is 8.96. The SMILES string of the molecule is CCOS(=O)(=O)O.CCOS(=O)(=O)O.O. The van der Waals surface area contributed by atoms with Crippen LogP contribution >= 0.6 is 0 Å². The molecule has 0 aromatic rings. The standard InChI is InChI=1S/2C2H6O4S.H2O/c2*1-2-6-7(3,4)5;/h2*2H2,1H3,(H,3,4,5);1H2. The Morgan fingerprint density at radius 1 is 0.867 bits per heavy atom. The van der Waals surface area contributed by atoms with E-state index in [1.807, 2.05) is 0 Å². The molecule has 0 fully saturated rings. The lowest BCUT2D eigenvalue weighted by Crippen LogP contribution is -2.01. The van der Waals surface area contributed by atoms with E-state index in [-0.39, 0.29) is 18.7 Å². The van der Waals surface area contributed by atoms with Gasteiger partial charge in [0.15, 0.2) is 0 Å². The largest absolute Gasteiger partial charge is 0.412 e. The molecular formula is C4H14O9S2. The zero-order valence-electron chi connectivity index (χ0n) is 8.07. The summed E-state index contributed by atoms with van der Waals surface area (Å²) >= 11 is 0. The Morgan fingerprint density at radius 3 is 1.07 bits per heavy atom. The molecule has 0 aliphatic carbocycles. The van der Waals surface area contributed by atoms with E-state index in [4.69, 9.17) is 9.11 Å². The normalized spacial score (nSPS) is 10.9. The van der Waals surface area contributed by atoms with Crippen LogP contribution in [0.15, 0.2) is 0 Å². The molecule has 0 heterocycles. The van der Waals surface area contributed by atoms with Gasteiger partial charge < -0.3 is 5.48 Å². The molecular weight excluding hydrogens is 256 g/mol. The first-order valence-electron chi connectivity index (χ1n) is 3.36. The van der Waals surface area contributed by atoms with Crippen LogP contribution in [0.1, 0.15) is 13.8 Å². The summed E-state index contributed by atoms with van der Waals surface area (Å²) in [6, 6.07) is 0. The van der Waals surface area contributed by atoms with Gasteiger partial charge in [0.2, 0.25) is 0 Å². The minimum absolute atomic E-state index is 0. The van der Waals surface area contributed by atoms with Gasteiger partial charge in [0.05, 0.1) is 13.2 Å². The zero-order valence-corrected chi connectivity index (χ0v) is 9.71. The van der Waals surface area contributed by atoms with Crippen LogP contribution < -0.4 is 0 Å². The van der Waals surface area contributed by atoms with Gasteiger partial charge in [0.25, 0.3) is 0 Å². The molecule has 0 saturated heterocycles. The van der Waals surface area contributed by atoms with Crippen LogP contribution in [0.25, 0.3) is 0 Å². The Balaban J connectivity index is -0.000000180. The van der Waals surface area contributed by atoms with E-state index in [2.05, 4.69) is 8.37 Å². The van der Waals surface area contributed by atoms with Crippen LogP contribution in [0.3, 0.4) is 0 Å². The minimum Gasteiger partial charge on any atom is -0.412 e. The number of rotatable bonds is 4. The van der Waals surface area contributed by atoms with Gasteiger partial charge in [-0.05, 0) is 13.8 Å². The van der Waals surface area contributed by atoms with E-state index in [0.717, 1.165) is 0 Å². The third-order valence-electron chi connectivity index (χ3n) is 0.534. The lowest BCUT2D eigenvalue weighted by molar-refractivity contribution is 0.281. The smallest absolute Gasteiger partial charge is 0.397 e. The molecule has 0 aliphatic heterocycles. The Morgan fingerprint density at radius 2 is 1.07 bits per heavy atom. The molecule has 0 unspecified atom stereocenters. The third-order valence-corrected chi connectivity index (χ3v) is 1.60. The highest BCUT2D eigenvalue weighted by molar-refractivity contribution is 7.81. The van der Waals surface area contributed by atoms with E-state index in [9.17, 15) is 16.8 Å². The summed E-state index contributed by atoms with van der Waals surface area (Å²) in [7, 11) is -8.35. The van der Waals surface area contributed by atoms with Gasteiger partial charge in [0.1, 0.15) is 0 Å². The average Bonchev–Trinajstić information content (AvgIpc) is 1.81. The molecule has 4 N–H and O–H groups in total. The van der Waals surface area contributed by atoms with E-state index < -0.39 is 20.8 Å². The van der Waals surface area contributed by atoms with Crippen molar-refractivity contribution in [2.75, 3.05) is 13.2 Å². The van der Waals surface area contributed by atoms with Crippen molar-refractivity contribution in [2.24, 2.45) is 0 Å². The molecule has 0 saturated carbocycles. The van der Waals surface area contributed by atoms with E-state index >= 15 is 0 Å². The first-order valence-corrected chi connectivity index (χ1v) is 6.09. The molecule has 15 heavy (non-hydrogen) atoms. The Labute approximate surface area is 88.2 Å². The fourth-order valence-corrected chi connectivity index (χ4v) is 0.894. The van der Waals surface area contributed by atoms with Crippen LogP contribution in [-0.2, 0) is 29.2 Å². The van der Waals surface area contributed by atoms with Gasteiger partial charge in [-0.25, -0.2) is 8.37 Å². The molecule has 0 atom stereocenters. The number of hydrogen-bond acceptors (Lipinski definition) is 6. The van der Waals surface area contributed by atoms with Crippen molar-refractivity contribution in [3.8, 4) is 0 Å². The van der Waals surface area contributed by atoms with Gasteiger partial charge in [-0.1, -0.05) is 0 Å².